The number of halogens is 2. The Bertz CT molecular complexity index is 389. The van der Waals surface area contributed by atoms with Gasteiger partial charge in [0, 0.05) is 0 Å². The molecule has 15 heavy (non-hydrogen) atoms. The predicted molar refractivity (Wildman–Crippen MR) is 54.2 cm³/mol. The van der Waals surface area contributed by atoms with Crippen molar-refractivity contribution in [2.75, 3.05) is 0 Å². The molecule has 0 saturated heterocycles. The molecule has 1 aromatic carbocycles. The van der Waals surface area contributed by atoms with Gasteiger partial charge in [-0.2, -0.15) is 5.26 Å². The fraction of sp³-hybridized carbons (Fsp3) is 0.417. The quantitative estimate of drug-likeness (QED) is 0.746. The fourth-order valence-corrected chi connectivity index (χ4v) is 1.67. The van der Waals surface area contributed by atoms with Crippen molar-refractivity contribution in [3.63, 3.8) is 0 Å². The van der Waals surface area contributed by atoms with Gasteiger partial charge < -0.3 is 0 Å². The van der Waals surface area contributed by atoms with Gasteiger partial charge in [0.25, 0.3) is 0 Å². The van der Waals surface area contributed by atoms with E-state index in [9.17, 15) is 8.78 Å². The molecule has 0 amide bonds. The first kappa shape index (κ1) is 11.6. The van der Waals surface area contributed by atoms with E-state index in [1.54, 1.807) is 0 Å². The molecule has 1 rings (SSSR count). The van der Waals surface area contributed by atoms with E-state index < -0.39 is 17.0 Å². The molecule has 0 aliphatic heterocycles. The molecule has 0 aliphatic rings. The van der Waals surface area contributed by atoms with Crippen molar-refractivity contribution < 1.29 is 8.78 Å². The van der Waals surface area contributed by atoms with Gasteiger partial charge in [0.2, 0.25) is 0 Å². The number of nitriles is 1. The van der Waals surface area contributed by atoms with E-state index in [2.05, 4.69) is 6.07 Å². The highest BCUT2D eigenvalue weighted by atomic mass is 19.2. The van der Waals surface area contributed by atoms with Gasteiger partial charge in [-0.05, 0) is 30.5 Å². The summed E-state index contributed by atoms with van der Waals surface area (Å²) in [5, 5.41) is 9.12. The normalized spacial score (nSPS) is 11.1. The van der Waals surface area contributed by atoms with E-state index in [1.807, 2.05) is 13.8 Å². The molecule has 0 spiro atoms. The lowest BCUT2D eigenvalue weighted by Crippen LogP contribution is -2.22. The highest BCUT2D eigenvalue weighted by Crippen LogP contribution is 2.31. The van der Waals surface area contributed by atoms with Gasteiger partial charge in [0.05, 0.1) is 11.5 Å². The summed E-state index contributed by atoms with van der Waals surface area (Å²) in [7, 11) is 0. The second-order valence-electron chi connectivity index (χ2n) is 3.53. The molecule has 0 unspecified atom stereocenters. The number of benzene rings is 1. The highest BCUT2D eigenvalue weighted by molar-refractivity contribution is 5.32. The zero-order valence-electron chi connectivity index (χ0n) is 8.85. The molecule has 0 aromatic heterocycles. The number of hydrogen-bond donors (Lipinski definition) is 0. The molecule has 0 bridgehead atoms. The molecule has 0 aliphatic carbocycles. The minimum absolute atomic E-state index is 0.550. The first-order valence-electron chi connectivity index (χ1n) is 4.96. The maximum absolute atomic E-state index is 13.0. The average Bonchev–Trinajstić information content (AvgIpc) is 2.26. The molecule has 0 fully saturated rings. The fourth-order valence-electron chi connectivity index (χ4n) is 1.67. The Morgan fingerprint density at radius 1 is 1.20 bits per heavy atom. The number of rotatable bonds is 3. The SMILES string of the molecule is CCC(C#N)(CC)c1ccc(F)c(F)c1. The third-order valence-corrected chi connectivity index (χ3v) is 2.89. The van der Waals surface area contributed by atoms with Gasteiger partial charge >= 0.3 is 0 Å². The van der Waals surface area contributed by atoms with Crippen LogP contribution in [0.15, 0.2) is 18.2 Å². The molecule has 0 radical (unpaired) electrons. The summed E-state index contributed by atoms with van der Waals surface area (Å²) >= 11 is 0. The summed E-state index contributed by atoms with van der Waals surface area (Å²) in [4.78, 5) is 0. The number of nitrogens with zero attached hydrogens (tertiary/aromatic N) is 1. The lowest BCUT2D eigenvalue weighted by molar-refractivity contribution is 0.483. The summed E-state index contributed by atoms with van der Waals surface area (Å²) in [6.45, 7) is 3.74. The van der Waals surface area contributed by atoms with Gasteiger partial charge in [0.15, 0.2) is 11.6 Å². The maximum Gasteiger partial charge on any atom is 0.159 e. The first-order valence-corrected chi connectivity index (χ1v) is 4.96. The van der Waals surface area contributed by atoms with E-state index in [-0.39, 0.29) is 0 Å². The van der Waals surface area contributed by atoms with E-state index in [1.165, 1.54) is 6.07 Å². The third kappa shape index (κ3) is 1.99. The first-order chi connectivity index (χ1) is 7.09. The van der Waals surface area contributed by atoms with Gasteiger partial charge in [0.1, 0.15) is 0 Å². The van der Waals surface area contributed by atoms with Crippen LogP contribution in [-0.4, -0.2) is 0 Å². The van der Waals surface area contributed by atoms with Crippen molar-refractivity contribution in [3.05, 3.63) is 35.4 Å². The molecule has 0 N–H and O–H groups in total. The molecule has 80 valence electrons. The van der Waals surface area contributed by atoms with E-state index in [0.717, 1.165) is 12.1 Å². The summed E-state index contributed by atoms with van der Waals surface area (Å²) in [6, 6.07) is 5.86. The van der Waals surface area contributed by atoms with Crippen LogP contribution in [0.25, 0.3) is 0 Å². The van der Waals surface area contributed by atoms with Crippen LogP contribution in [0.5, 0.6) is 0 Å². The molecule has 0 heterocycles. The summed E-state index contributed by atoms with van der Waals surface area (Å²) in [6.07, 6.45) is 1.18. The zero-order chi connectivity index (χ0) is 11.5. The second-order valence-corrected chi connectivity index (χ2v) is 3.53. The summed E-state index contributed by atoms with van der Waals surface area (Å²) < 4.78 is 25.8. The minimum Gasteiger partial charge on any atom is -0.204 e. The minimum atomic E-state index is -0.894. The Kier molecular flexibility index (Phi) is 3.41. The van der Waals surface area contributed by atoms with E-state index in [0.29, 0.717) is 18.4 Å². The van der Waals surface area contributed by atoms with Crippen LogP contribution in [0.4, 0.5) is 8.78 Å². The summed E-state index contributed by atoms with van der Waals surface area (Å²) in [5.41, 5.74) is -0.150. The van der Waals surface area contributed by atoms with Crippen molar-refractivity contribution in [1.29, 1.82) is 5.26 Å². The standard InChI is InChI=1S/C12H13F2N/c1-3-12(4-2,8-15)9-5-6-10(13)11(14)7-9/h5-7H,3-4H2,1-2H3. The Balaban J connectivity index is 3.25. The molecule has 0 atom stereocenters. The summed E-state index contributed by atoms with van der Waals surface area (Å²) in [5.74, 6) is -1.77. The maximum atomic E-state index is 13.0. The monoisotopic (exact) mass is 209 g/mol. The van der Waals surface area contributed by atoms with E-state index >= 15 is 0 Å². The molecule has 3 heteroatoms. The Morgan fingerprint density at radius 2 is 1.80 bits per heavy atom. The Labute approximate surface area is 88.3 Å². The zero-order valence-corrected chi connectivity index (χ0v) is 8.85. The van der Waals surface area contributed by atoms with Crippen molar-refractivity contribution in [2.24, 2.45) is 0 Å². The second kappa shape index (κ2) is 4.39. The van der Waals surface area contributed by atoms with E-state index in [4.69, 9.17) is 5.26 Å². The smallest absolute Gasteiger partial charge is 0.159 e. The van der Waals surface area contributed by atoms with Crippen molar-refractivity contribution in [2.45, 2.75) is 32.1 Å². The predicted octanol–water partition coefficient (Wildman–Crippen LogP) is 3.55. The lowest BCUT2D eigenvalue weighted by atomic mass is 9.77. The largest absolute Gasteiger partial charge is 0.204 e. The van der Waals surface area contributed by atoms with Gasteiger partial charge in [-0.25, -0.2) is 8.78 Å². The van der Waals surface area contributed by atoms with Crippen LogP contribution < -0.4 is 0 Å². The molecular formula is C12H13F2N. The highest BCUT2D eigenvalue weighted by Gasteiger charge is 2.28. The Hall–Kier alpha value is -1.43. The average molecular weight is 209 g/mol. The topological polar surface area (TPSA) is 23.8 Å². The van der Waals surface area contributed by atoms with Crippen LogP contribution in [0.2, 0.25) is 0 Å². The molecule has 0 saturated carbocycles. The van der Waals surface area contributed by atoms with Crippen LogP contribution in [0, 0.1) is 23.0 Å². The van der Waals surface area contributed by atoms with Crippen molar-refractivity contribution >= 4 is 0 Å². The third-order valence-electron chi connectivity index (χ3n) is 2.89. The lowest BCUT2D eigenvalue weighted by Gasteiger charge is -2.23. The molecule has 1 aromatic rings. The van der Waals surface area contributed by atoms with Crippen molar-refractivity contribution in [1.82, 2.24) is 0 Å². The van der Waals surface area contributed by atoms with Crippen LogP contribution >= 0.6 is 0 Å². The van der Waals surface area contributed by atoms with Gasteiger partial charge in [-0.15, -0.1) is 0 Å². The van der Waals surface area contributed by atoms with Crippen LogP contribution in [-0.2, 0) is 5.41 Å². The molecule has 1 nitrogen and oxygen atoms in total. The van der Waals surface area contributed by atoms with Crippen molar-refractivity contribution in [3.8, 4) is 6.07 Å². The van der Waals surface area contributed by atoms with Gasteiger partial charge in [-0.3, -0.25) is 0 Å². The molecular weight excluding hydrogens is 196 g/mol. The number of hydrogen-bond acceptors (Lipinski definition) is 1. The van der Waals surface area contributed by atoms with Crippen LogP contribution in [0.3, 0.4) is 0 Å². The van der Waals surface area contributed by atoms with Crippen LogP contribution in [0.1, 0.15) is 32.3 Å². The van der Waals surface area contributed by atoms with Gasteiger partial charge in [-0.1, -0.05) is 19.9 Å². The Morgan fingerprint density at radius 3 is 2.20 bits per heavy atom.